The number of rotatable bonds is 3. The molecule has 0 aliphatic heterocycles. The van der Waals surface area contributed by atoms with Crippen LogP contribution < -0.4 is 0 Å². The molecule has 13 heavy (non-hydrogen) atoms. The van der Waals surface area contributed by atoms with E-state index in [2.05, 4.69) is 0 Å². The van der Waals surface area contributed by atoms with E-state index in [-0.39, 0.29) is 0 Å². The van der Waals surface area contributed by atoms with Gasteiger partial charge < -0.3 is 0 Å². The lowest BCUT2D eigenvalue weighted by atomic mass is 10.4. The molecule has 0 saturated heterocycles. The molecule has 10 heteroatoms. The molecule has 0 aromatic rings. The van der Waals surface area contributed by atoms with Gasteiger partial charge in [0.25, 0.3) is 0 Å². The molecular formula is C3H2F6O3S. The van der Waals surface area contributed by atoms with Gasteiger partial charge in [0.1, 0.15) is 6.42 Å². The number of halogens is 6. The Morgan fingerprint density at radius 3 is 1.69 bits per heavy atom. The highest BCUT2D eigenvalue weighted by molar-refractivity contribution is 7.87. The molecule has 0 aliphatic carbocycles. The normalized spacial score (nSPS) is 14.6. The minimum atomic E-state index is -6.15. The molecule has 0 N–H and O–H groups in total. The zero-order valence-electron chi connectivity index (χ0n) is 5.61. The number of hydrogen-bond acceptors (Lipinski definition) is 3. The largest absolute Gasteiger partial charge is 0.396 e. The first-order valence-electron chi connectivity index (χ1n) is 2.51. The minimum absolute atomic E-state index is 1.77. The fourth-order valence-electron chi connectivity index (χ4n) is 0.368. The Morgan fingerprint density at radius 2 is 1.46 bits per heavy atom. The van der Waals surface area contributed by atoms with Crippen LogP contribution in [0.25, 0.3) is 0 Å². The molecular weight excluding hydrogens is 230 g/mol. The minimum Gasteiger partial charge on any atom is -0.190 e. The van der Waals surface area contributed by atoms with E-state index in [1.807, 2.05) is 0 Å². The van der Waals surface area contributed by atoms with Gasteiger partial charge in [-0.2, -0.15) is 30.4 Å². The fraction of sp³-hybridized carbons (Fsp3) is 1.00. The summed E-state index contributed by atoms with van der Waals surface area (Å²) in [6.07, 6.45) is -8.43. The third kappa shape index (κ3) is 3.38. The monoisotopic (exact) mass is 232 g/mol. The van der Waals surface area contributed by atoms with Crippen molar-refractivity contribution in [1.82, 2.24) is 0 Å². The third-order valence-corrected chi connectivity index (χ3v) is 1.90. The van der Waals surface area contributed by atoms with E-state index in [0.717, 1.165) is 0 Å². The first-order valence-corrected chi connectivity index (χ1v) is 3.92. The van der Waals surface area contributed by atoms with E-state index in [4.69, 9.17) is 0 Å². The molecule has 0 rings (SSSR count). The lowest BCUT2D eigenvalue weighted by Gasteiger charge is -2.14. The molecule has 0 heterocycles. The van der Waals surface area contributed by atoms with Crippen molar-refractivity contribution in [2.75, 3.05) is 0 Å². The van der Waals surface area contributed by atoms with Crippen LogP contribution in [0.5, 0.6) is 0 Å². The molecule has 0 atom stereocenters. The van der Waals surface area contributed by atoms with Crippen LogP contribution in [0.4, 0.5) is 26.5 Å². The third-order valence-electron chi connectivity index (χ3n) is 0.855. The summed E-state index contributed by atoms with van der Waals surface area (Å²) in [4.78, 5) is 0. The Bertz CT molecular complexity index is 265. The van der Waals surface area contributed by atoms with Crippen molar-refractivity contribution >= 4 is 10.1 Å². The second-order valence-corrected chi connectivity index (χ2v) is 3.58. The van der Waals surface area contributed by atoms with Crippen LogP contribution >= 0.6 is 0 Å². The first-order chi connectivity index (χ1) is 5.52. The van der Waals surface area contributed by atoms with Crippen LogP contribution in [0, 0.1) is 0 Å². The molecule has 0 aliphatic rings. The van der Waals surface area contributed by atoms with Gasteiger partial charge in [-0.1, -0.05) is 4.39 Å². The van der Waals surface area contributed by atoms with Crippen LogP contribution in [0.2, 0.25) is 0 Å². The fourth-order valence-corrected chi connectivity index (χ4v) is 0.800. The van der Waals surface area contributed by atoms with E-state index in [9.17, 15) is 34.9 Å². The molecule has 0 fully saturated rings. The SMILES string of the molecule is O=S(=O)(OF)C(F)(F)CC(F)(F)F. The Hall–Kier alpha value is -0.510. The summed E-state index contributed by atoms with van der Waals surface area (Å²) in [5.74, 6) is 0. The summed E-state index contributed by atoms with van der Waals surface area (Å²) in [6.45, 7) is 0. The van der Waals surface area contributed by atoms with Crippen LogP contribution in [0.1, 0.15) is 6.42 Å². The summed E-state index contributed by atoms with van der Waals surface area (Å²) in [6, 6.07) is 0. The van der Waals surface area contributed by atoms with Crippen molar-refractivity contribution in [2.45, 2.75) is 17.9 Å². The molecule has 3 nitrogen and oxygen atoms in total. The lowest BCUT2D eigenvalue weighted by Crippen LogP contribution is -2.34. The molecule has 0 aromatic heterocycles. The maximum atomic E-state index is 12.0. The second-order valence-electron chi connectivity index (χ2n) is 1.95. The summed E-state index contributed by atoms with van der Waals surface area (Å²) in [5, 5.41) is -5.32. The van der Waals surface area contributed by atoms with Gasteiger partial charge in [0.2, 0.25) is 0 Å². The molecule has 80 valence electrons. The Kier molecular flexibility index (Phi) is 3.20. The predicted molar refractivity (Wildman–Crippen MR) is 26.7 cm³/mol. The maximum absolute atomic E-state index is 12.0. The van der Waals surface area contributed by atoms with Gasteiger partial charge in [0, 0.05) is 0 Å². The van der Waals surface area contributed by atoms with E-state index < -0.39 is 28.0 Å². The smallest absolute Gasteiger partial charge is 0.190 e. The molecule has 0 unspecified atom stereocenters. The summed E-state index contributed by atoms with van der Waals surface area (Å²) in [5.41, 5.74) is 0. The van der Waals surface area contributed by atoms with E-state index in [1.165, 1.54) is 0 Å². The van der Waals surface area contributed by atoms with Crippen LogP contribution in [0.15, 0.2) is 0 Å². The average Bonchev–Trinajstić information content (AvgIpc) is 1.81. The zero-order chi connectivity index (χ0) is 10.9. The van der Waals surface area contributed by atoms with Crippen molar-refractivity contribution in [3.05, 3.63) is 0 Å². The first kappa shape index (κ1) is 12.5. The van der Waals surface area contributed by atoms with Crippen molar-refractivity contribution in [3.63, 3.8) is 0 Å². The standard InChI is InChI=1S/C3H2F6O3S/c4-2(5,6)1-3(7,8)13(10,11)12-9/h1H2. The van der Waals surface area contributed by atoms with E-state index in [1.54, 1.807) is 4.39 Å². The quantitative estimate of drug-likeness (QED) is 0.696. The summed E-state index contributed by atoms with van der Waals surface area (Å²) in [7, 11) is -6.15. The molecule has 0 aromatic carbocycles. The summed E-state index contributed by atoms with van der Waals surface area (Å²) >= 11 is 0. The number of alkyl halides is 5. The Morgan fingerprint density at radius 1 is 1.08 bits per heavy atom. The van der Waals surface area contributed by atoms with Gasteiger partial charge in [-0.15, -0.1) is 0 Å². The van der Waals surface area contributed by atoms with Gasteiger partial charge in [-0.05, 0) is 4.53 Å². The summed E-state index contributed by atoms with van der Waals surface area (Å²) < 4.78 is 90.3. The van der Waals surface area contributed by atoms with E-state index in [0.29, 0.717) is 0 Å². The van der Waals surface area contributed by atoms with Gasteiger partial charge in [-0.3, -0.25) is 0 Å². The molecule has 0 amide bonds. The van der Waals surface area contributed by atoms with Crippen LogP contribution in [-0.4, -0.2) is 19.8 Å². The van der Waals surface area contributed by atoms with Gasteiger partial charge >= 0.3 is 21.5 Å². The van der Waals surface area contributed by atoms with Crippen molar-refractivity contribution in [2.24, 2.45) is 0 Å². The molecule has 0 radical (unpaired) electrons. The average molecular weight is 232 g/mol. The van der Waals surface area contributed by atoms with Crippen LogP contribution in [0.3, 0.4) is 0 Å². The van der Waals surface area contributed by atoms with E-state index >= 15 is 0 Å². The van der Waals surface area contributed by atoms with Gasteiger partial charge in [-0.25, -0.2) is 0 Å². The van der Waals surface area contributed by atoms with Crippen molar-refractivity contribution < 1.29 is 39.3 Å². The second kappa shape index (κ2) is 3.33. The topological polar surface area (TPSA) is 43.4 Å². The predicted octanol–water partition coefficient (Wildman–Crippen LogP) is 1.76. The molecule has 0 spiro atoms. The Labute approximate surface area is 68.3 Å². The molecule has 0 saturated carbocycles. The van der Waals surface area contributed by atoms with Crippen LogP contribution in [-0.2, 0) is 14.5 Å². The Balaban J connectivity index is 4.80. The maximum Gasteiger partial charge on any atom is 0.396 e. The van der Waals surface area contributed by atoms with Crippen molar-refractivity contribution in [3.8, 4) is 0 Å². The zero-order valence-corrected chi connectivity index (χ0v) is 6.42. The highest BCUT2D eigenvalue weighted by Gasteiger charge is 2.55. The molecule has 0 bridgehead atoms. The van der Waals surface area contributed by atoms with Gasteiger partial charge in [0.05, 0.1) is 0 Å². The highest BCUT2D eigenvalue weighted by atomic mass is 32.2. The van der Waals surface area contributed by atoms with Gasteiger partial charge in [0.15, 0.2) is 0 Å². The lowest BCUT2D eigenvalue weighted by molar-refractivity contribution is -0.171. The number of hydrogen-bond donors (Lipinski definition) is 0. The van der Waals surface area contributed by atoms with Crippen molar-refractivity contribution in [1.29, 1.82) is 0 Å². The highest BCUT2D eigenvalue weighted by Crippen LogP contribution is 2.36.